The Balaban J connectivity index is 1.68. The van der Waals surface area contributed by atoms with Crippen LogP contribution in [-0.2, 0) is 26.2 Å². The molecule has 41 heavy (non-hydrogen) atoms. The molecule has 2 amide bonds. The summed E-state index contributed by atoms with van der Waals surface area (Å²) >= 11 is 6.05. The number of para-hydroxylation sites is 1. The molecular weight excluding hydrogens is 565 g/mol. The van der Waals surface area contributed by atoms with Gasteiger partial charge in [0.05, 0.1) is 10.6 Å². The molecule has 7 nitrogen and oxygen atoms in total. The van der Waals surface area contributed by atoms with E-state index in [4.69, 9.17) is 11.6 Å². The maximum atomic E-state index is 15.0. The van der Waals surface area contributed by atoms with Gasteiger partial charge in [0.1, 0.15) is 18.4 Å². The lowest BCUT2D eigenvalue weighted by Crippen LogP contribution is -2.53. The van der Waals surface area contributed by atoms with E-state index in [9.17, 15) is 18.0 Å². The molecule has 218 valence electrons. The molecule has 4 rings (SSSR count). The maximum Gasteiger partial charge on any atom is 0.264 e. The molecule has 0 saturated heterocycles. The number of sulfonamides is 1. The third-order valence-electron chi connectivity index (χ3n) is 7.39. The Morgan fingerprint density at radius 3 is 2.24 bits per heavy atom. The molecule has 0 aromatic heterocycles. The number of nitrogens with one attached hydrogen (secondary N) is 1. The second-order valence-corrected chi connectivity index (χ2v) is 12.7. The number of carbonyl (C=O) groups is 2. The van der Waals surface area contributed by atoms with Crippen molar-refractivity contribution < 1.29 is 22.4 Å². The van der Waals surface area contributed by atoms with Crippen LogP contribution in [0.3, 0.4) is 0 Å². The molecule has 0 heterocycles. The molecule has 0 radical (unpaired) electrons. The van der Waals surface area contributed by atoms with Gasteiger partial charge in [-0.3, -0.25) is 13.9 Å². The first-order valence-corrected chi connectivity index (χ1v) is 15.6. The predicted octanol–water partition coefficient (Wildman–Crippen LogP) is 5.85. The van der Waals surface area contributed by atoms with E-state index in [1.807, 2.05) is 6.92 Å². The summed E-state index contributed by atoms with van der Waals surface area (Å²) in [6, 6.07) is 17.5. The summed E-state index contributed by atoms with van der Waals surface area (Å²) in [4.78, 5) is 28.6. The van der Waals surface area contributed by atoms with E-state index in [2.05, 4.69) is 5.32 Å². The first kappa shape index (κ1) is 30.5. The minimum Gasteiger partial charge on any atom is -0.352 e. The van der Waals surface area contributed by atoms with E-state index in [1.165, 1.54) is 35.2 Å². The zero-order valence-electron chi connectivity index (χ0n) is 23.2. The molecular formula is C31H35ClFN3O4S. The molecule has 3 aromatic carbocycles. The number of hydrogen-bond acceptors (Lipinski definition) is 4. The maximum absolute atomic E-state index is 15.0. The smallest absolute Gasteiger partial charge is 0.264 e. The zero-order valence-corrected chi connectivity index (χ0v) is 24.8. The SMILES string of the molecule is Cc1ccc(S(=O)(=O)N(CC(=O)N(Cc2ccc(Cl)cc2)[C@@H](C)C(=O)NC2CCCCC2)c2ccccc2F)cc1. The minimum absolute atomic E-state index is 0.0306. The molecule has 1 atom stereocenters. The molecule has 1 aliphatic rings. The predicted molar refractivity (Wildman–Crippen MR) is 159 cm³/mol. The van der Waals surface area contributed by atoms with Crippen molar-refractivity contribution in [2.24, 2.45) is 0 Å². The van der Waals surface area contributed by atoms with Gasteiger partial charge in [0, 0.05) is 17.6 Å². The highest BCUT2D eigenvalue weighted by molar-refractivity contribution is 7.92. The fourth-order valence-corrected chi connectivity index (χ4v) is 6.49. The summed E-state index contributed by atoms with van der Waals surface area (Å²) in [5.74, 6) is -1.76. The topological polar surface area (TPSA) is 86.8 Å². The molecule has 3 aromatic rings. The average molecular weight is 600 g/mol. The molecule has 1 saturated carbocycles. The molecule has 1 N–H and O–H groups in total. The highest BCUT2D eigenvalue weighted by Gasteiger charge is 2.34. The number of hydrogen-bond donors (Lipinski definition) is 1. The Morgan fingerprint density at radius 2 is 1.61 bits per heavy atom. The zero-order chi connectivity index (χ0) is 29.6. The van der Waals surface area contributed by atoms with Crippen LogP contribution in [0.25, 0.3) is 0 Å². The van der Waals surface area contributed by atoms with E-state index < -0.39 is 34.3 Å². The normalized spacial score (nSPS) is 14.7. The van der Waals surface area contributed by atoms with Crippen molar-refractivity contribution in [1.29, 1.82) is 0 Å². The summed E-state index contributed by atoms with van der Waals surface area (Å²) in [6.07, 6.45) is 4.94. The lowest BCUT2D eigenvalue weighted by Gasteiger charge is -2.33. The second kappa shape index (κ2) is 13.5. The fraction of sp³-hybridized carbons (Fsp3) is 0.355. The summed E-state index contributed by atoms with van der Waals surface area (Å²) in [7, 11) is -4.34. The van der Waals surface area contributed by atoms with Crippen LogP contribution in [0.5, 0.6) is 0 Å². The summed E-state index contributed by atoms with van der Waals surface area (Å²) in [6.45, 7) is 2.77. The van der Waals surface area contributed by atoms with Crippen molar-refractivity contribution in [2.45, 2.75) is 69.5 Å². The third kappa shape index (κ3) is 7.65. The fourth-order valence-electron chi connectivity index (χ4n) is 4.94. The average Bonchev–Trinajstić information content (AvgIpc) is 2.96. The number of nitrogens with zero attached hydrogens (tertiary/aromatic N) is 2. The van der Waals surface area contributed by atoms with Gasteiger partial charge in [0.15, 0.2) is 0 Å². The van der Waals surface area contributed by atoms with Crippen LogP contribution in [0.4, 0.5) is 10.1 Å². The van der Waals surface area contributed by atoms with Crippen LogP contribution in [-0.4, -0.2) is 43.8 Å². The Hall–Kier alpha value is -3.43. The highest BCUT2D eigenvalue weighted by Crippen LogP contribution is 2.27. The molecule has 10 heteroatoms. The van der Waals surface area contributed by atoms with Gasteiger partial charge in [-0.2, -0.15) is 0 Å². The van der Waals surface area contributed by atoms with Gasteiger partial charge in [-0.15, -0.1) is 0 Å². The van der Waals surface area contributed by atoms with Crippen LogP contribution in [0.1, 0.15) is 50.2 Å². The van der Waals surface area contributed by atoms with E-state index >= 15 is 4.39 Å². The molecule has 0 bridgehead atoms. The van der Waals surface area contributed by atoms with Gasteiger partial charge in [-0.1, -0.05) is 72.8 Å². The van der Waals surface area contributed by atoms with Crippen molar-refractivity contribution in [2.75, 3.05) is 10.8 Å². The minimum atomic E-state index is -4.34. The van der Waals surface area contributed by atoms with Gasteiger partial charge in [-0.05, 0) is 68.7 Å². The quantitative estimate of drug-likeness (QED) is 0.317. The molecule has 1 fully saturated rings. The molecule has 0 spiro atoms. The molecule has 0 aliphatic heterocycles. The largest absolute Gasteiger partial charge is 0.352 e. The first-order valence-electron chi connectivity index (χ1n) is 13.7. The number of amides is 2. The van der Waals surface area contributed by atoms with Crippen LogP contribution >= 0.6 is 11.6 Å². The Bertz CT molecular complexity index is 1460. The summed E-state index contributed by atoms with van der Waals surface area (Å²) in [5, 5.41) is 3.58. The van der Waals surface area contributed by atoms with E-state index in [1.54, 1.807) is 43.3 Å². The highest BCUT2D eigenvalue weighted by atomic mass is 35.5. The van der Waals surface area contributed by atoms with Gasteiger partial charge in [0.2, 0.25) is 11.8 Å². The lowest BCUT2D eigenvalue weighted by molar-refractivity contribution is -0.139. The standard InChI is InChI=1S/C31H35ClFN3O4S/c1-22-12-18-27(19-13-22)41(39,40)36(29-11-7-6-10-28(29)33)21-30(37)35(20-24-14-16-25(32)17-15-24)23(2)31(38)34-26-8-4-3-5-9-26/h6-7,10-19,23,26H,3-5,8-9,20-21H2,1-2H3,(H,34,38)/t23-/m0/s1. The van der Waals surface area contributed by atoms with Crippen molar-refractivity contribution in [3.05, 3.63) is 94.8 Å². The Morgan fingerprint density at radius 1 is 0.976 bits per heavy atom. The Labute approximate surface area is 246 Å². The lowest BCUT2D eigenvalue weighted by atomic mass is 9.95. The number of rotatable bonds is 10. The van der Waals surface area contributed by atoms with Crippen molar-refractivity contribution in [3.63, 3.8) is 0 Å². The second-order valence-electron chi connectivity index (χ2n) is 10.4. The number of benzene rings is 3. The summed E-state index contributed by atoms with van der Waals surface area (Å²) in [5.41, 5.74) is 1.30. The first-order chi connectivity index (χ1) is 19.6. The van der Waals surface area contributed by atoms with Crippen molar-refractivity contribution in [3.8, 4) is 0 Å². The molecule has 0 unspecified atom stereocenters. The van der Waals surface area contributed by atoms with Crippen LogP contribution in [0.15, 0.2) is 77.7 Å². The van der Waals surface area contributed by atoms with Crippen LogP contribution < -0.4 is 9.62 Å². The van der Waals surface area contributed by atoms with Crippen LogP contribution in [0.2, 0.25) is 5.02 Å². The molecule has 1 aliphatic carbocycles. The van der Waals surface area contributed by atoms with E-state index in [0.29, 0.717) is 10.6 Å². The monoisotopic (exact) mass is 599 g/mol. The van der Waals surface area contributed by atoms with Gasteiger partial charge in [0.25, 0.3) is 10.0 Å². The summed E-state index contributed by atoms with van der Waals surface area (Å²) < 4.78 is 43.4. The van der Waals surface area contributed by atoms with Gasteiger partial charge >= 0.3 is 0 Å². The Kier molecular flexibility index (Phi) is 10.0. The van der Waals surface area contributed by atoms with Crippen LogP contribution in [0, 0.1) is 12.7 Å². The van der Waals surface area contributed by atoms with Crippen molar-refractivity contribution in [1.82, 2.24) is 10.2 Å². The van der Waals surface area contributed by atoms with E-state index in [-0.39, 0.29) is 29.1 Å². The number of halogens is 2. The van der Waals surface area contributed by atoms with Gasteiger partial charge < -0.3 is 10.2 Å². The van der Waals surface area contributed by atoms with Gasteiger partial charge in [-0.25, -0.2) is 12.8 Å². The van der Waals surface area contributed by atoms with E-state index in [0.717, 1.165) is 48.0 Å². The number of carbonyl (C=O) groups excluding carboxylic acids is 2. The number of aryl methyl sites for hydroxylation is 1. The van der Waals surface area contributed by atoms with Crippen molar-refractivity contribution >= 4 is 39.1 Å². The number of anilines is 1. The third-order valence-corrected chi connectivity index (χ3v) is 9.42.